The van der Waals surface area contributed by atoms with E-state index in [0.717, 1.165) is 23.1 Å². The highest BCUT2D eigenvalue weighted by molar-refractivity contribution is 7.17. The van der Waals surface area contributed by atoms with Crippen molar-refractivity contribution in [3.05, 3.63) is 40.9 Å². The number of carbonyl (C=O) groups excluding carboxylic acids is 1. The molecule has 0 saturated carbocycles. The summed E-state index contributed by atoms with van der Waals surface area (Å²) >= 11 is 1.52. The van der Waals surface area contributed by atoms with Crippen molar-refractivity contribution in [2.45, 2.75) is 13.8 Å². The number of phenolic OH excluding ortho intramolecular Hbond substituents is 1. The highest BCUT2D eigenvalue weighted by Crippen LogP contribution is 2.20. The summed E-state index contributed by atoms with van der Waals surface area (Å²) < 4.78 is 0. The lowest BCUT2D eigenvalue weighted by Crippen LogP contribution is -2.21. The van der Waals surface area contributed by atoms with Gasteiger partial charge in [0.1, 0.15) is 5.75 Å². The first-order valence-electron chi connectivity index (χ1n) is 6.97. The molecule has 0 spiro atoms. The molecule has 2 N–H and O–H groups in total. The quantitative estimate of drug-likeness (QED) is 0.633. The Balaban J connectivity index is 1.95. The van der Waals surface area contributed by atoms with Crippen LogP contribution in [-0.4, -0.2) is 35.3 Å². The van der Waals surface area contributed by atoms with Crippen LogP contribution in [0.15, 0.2) is 35.6 Å². The number of rotatable bonds is 6. The van der Waals surface area contributed by atoms with Crippen molar-refractivity contribution in [1.82, 2.24) is 10.4 Å². The summed E-state index contributed by atoms with van der Waals surface area (Å²) in [6, 6.07) is 5.98. The molecule has 0 aliphatic heterocycles. The molecule has 0 fully saturated rings. The van der Waals surface area contributed by atoms with E-state index < -0.39 is 0 Å². The van der Waals surface area contributed by atoms with Crippen molar-refractivity contribution in [1.29, 1.82) is 0 Å². The maximum atomic E-state index is 11.8. The molecule has 0 aliphatic rings. The first-order valence-corrected chi connectivity index (χ1v) is 7.79. The molecule has 1 heterocycles. The smallest absolute Gasteiger partial charge is 0.271 e. The summed E-state index contributed by atoms with van der Waals surface area (Å²) in [5, 5.41) is 14.1. The van der Waals surface area contributed by atoms with Gasteiger partial charge >= 0.3 is 0 Å². The minimum Gasteiger partial charge on any atom is -0.508 e. The van der Waals surface area contributed by atoms with Crippen LogP contribution < -0.4 is 10.3 Å². The average molecular weight is 318 g/mol. The van der Waals surface area contributed by atoms with Crippen molar-refractivity contribution < 1.29 is 9.90 Å². The Hall–Kier alpha value is -2.41. The summed E-state index contributed by atoms with van der Waals surface area (Å²) in [6.45, 7) is 5.96. The molecule has 0 unspecified atom stereocenters. The number of nitrogens with one attached hydrogen (secondary N) is 1. The zero-order chi connectivity index (χ0) is 15.9. The predicted molar refractivity (Wildman–Crippen MR) is 88.8 cm³/mol. The summed E-state index contributed by atoms with van der Waals surface area (Å²) in [6.07, 6.45) is 3.30. The van der Waals surface area contributed by atoms with Crippen LogP contribution in [0, 0.1) is 0 Å². The van der Waals surface area contributed by atoms with Gasteiger partial charge in [0.25, 0.3) is 5.91 Å². The summed E-state index contributed by atoms with van der Waals surface area (Å²) in [5.74, 6) is -0.210. The molecule has 6 nitrogen and oxygen atoms in total. The molecule has 1 aromatic heterocycles. The molecular weight excluding hydrogens is 300 g/mol. The summed E-state index contributed by atoms with van der Waals surface area (Å²) in [7, 11) is 0. The third-order valence-corrected chi connectivity index (χ3v) is 4.03. The Morgan fingerprint density at radius 1 is 1.36 bits per heavy atom. The number of aromatic hydroxyl groups is 1. The molecule has 2 aromatic rings. The third kappa shape index (κ3) is 4.05. The normalized spacial score (nSPS) is 10.8. The lowest BCUT2D eigenvalue weighted by atomic mass is 10.2. The van der Waals surface area contributed by atoms with Crippen LogP contribution in [0.4, 0.5) is 5.13 Å². The van der Waals surface area contributed by atoms with E-state index in [1.54, 1.807) is 12.4 Å². The van der Waals surface area contributed by atoms with Gasteiger partial charge in [0.15, 0.2) is 5.13 Å². The zero-order valence-electron chi connectivity index (χ0n) is 12.5. The van der Waals surface area contributed by atoms with Gasteiger partial charge in [-0.05, 0) is 38.1 Å². The fraction of sp³-hybridized carbons (Fsp3) is 0.267. The average Bonchev–Trinajstić information content (AvgIpc) is 2.98. The number of phenols is 1. The number of hydrogen-bond donors (Lipinski definition) is 2. The van der Waals surface area contributed by atoms with Crippen LogP contribution in [0.3, 0.4) is 0 Å². The Labute approximate surface area is 133 Å². The molecule has 22 heavy (non-hydrogen) atoms. The van der Waals surface area contributed by atoms with E-state index in [1.165, 1.54) is 35.6 Å². The van der Waals surface area contributed by atoms with Gasteiger partial charge in [-0.15, -0.1) is 0 Å². The molecule has 0 aliphatic carbocycles. The third-order valence-electron chi connectivity index (χ3n) is 3.03. The van der Waals surface area contributed by atoms with Crippen LogP contribution in [-0.2, 0) is 0 Å². The second-order valence-corrected chi connectivity index (χ2v) is 5.50. The Kier molecular flexibility index (Phi) is 5.48. The van der Waals surface area contributed by atoms with Gasteiger partial charge < -0.3 is 10.0 Å². The fourth-order valence-corrected chi connectivity index (χ4v) is 2.72. The van der Waals surface area contributed by atoms with Gasteiger partial charge in [-0.2, -0.15) is 5.10 Å². The lowest BCUT2D eigenvalue weighted by Gasteiger charge is -2.16. The molecule has 1 amide bonds. The molecule has 7 heteroatoms. The lowest BCUT2D eigenvalue weighted by molar-refractivity contribution is 0.0955. The Morgan fingerprint density at radius 2 is 2.05 bits per heavy atom. The maximum Gasteiger partial charge on any atom is 0.271 e. The molecule has 0 atom stereocenters. The van der Waals surface area contributed by atoms with E-state index in [-0.39, 0.29) is 11.7 Å². The van der Waals surface area contributed by atoms with Crippen LogP contribution >= 0.6 is 11.3 Å². The second-order valence-electron chi connectivity index (χ2n) is 4.46. The van der Waals surface area contributed by atoms with Gasteiger partial charge in [-0.25, -0.2) is 10.4 Å². The van der Waals surface area contributed by atoms with Crippen LogP contribution in [0.5, 0.6) is 5.75 Å². The molecule has 1 aromatic carbocycles. The summed E-state index contributed by atoms with van der Waals surface area (Å²) in [4.78, 5) is 19.2. The number of benzene rings is 1. The number of hydrogen-bond acceptors (Lipinski definition) is 6. The van der Waals surface area contributed by atoms with Crippen molar-refractivity contribution >= 4 is 28.6 Å². The minimum atomic E-state index is -0.329. The van der Waals surface area contributed by atoms with Crippen molar-refractivity contribution in [2.24, 2.45) is 5.10 Å². The molecule has 2 rings (SSSR count). The van der Waals surface area contributed by atoms with Crippen molar-refractivity contribution in [3.8, 4) is 5.75 Å². The first-order chi connectivity index (χ1) is 10.6. The summed E-state index contributed by atoms with van der Waals surface area (Å²) in [5.41, 5.74) is 2.88. The largest absolute Gasteiger partial charge is 0.508 e. The fourth-order valence-electron chi connectivity index (χ4n) is 1.81. The maximum absolute atomic E-state index is 11.8. The van der Waals surface area contributed by atoms with E-state index in [4.69, 9.17) is 0 Å². The highest BCUT2D eigenvalue weighted by Gasteiger charge is 2.07. The van der Waals surface area contributed by atoms with Crippen LogP contribution in [0.25, 0.3) is 0 Å². The number of amides is 1. The number of thiazole rings is 1. The molecule has 0 bridgehead atoms. The second kappa shape index (κ2) is 7.56. The van der Waals surface area contributed by atoms with Crippen LogP contribution in [0.1, 0.15) is 29.1 Å². The molecule has 0 saturated heterocycles. The highest BCUT2D eigenvalue weighted by atomic mass is 32.1. The van der Waals surface area contributed by atoms with Crippen molar-refractivity contribution in [2.75, 3.05) is 18.0 Å². The zero-order valence-corrected chi connectivity index (χ0v) is 13.3. The number of anilines is 1. The predicted octanol–water partition coefficient (Wildman–Crippen LogP) is 2.46. The number of carbonyl (C=O) groups is 1. The Morgan fingerprint density at radius 3 is 2.68 bits per heavy atom. The number of nitrogens with zero attached hydrogens (tertiary/aromatic N) is 3. The molecular formula is C15H18N4O2S. The topological polar surface area (TPSA) is 77.8 Å². The van der Waals surface area contributed by atoms with E-state index >= 15 is 0 Å². The SMILES string of the molecule is CCN(CC)c1ncc(/C=N\NC(=O)c2ccc(O)cc2)s1. The van der Waals surface area contributed by atoms with E-state index in [1.807, 2.05) is 0 Å². The minimum absolute atomic E-state index is 0.119. The number of hydrazone groups is 1. The van der Waals surface area contributed by atoms with E-state index in [2.05, 4.69) is 34.3 Å². The van der Waals surface area contributed by atoms with Gasteiger partial charge in [-0.3, -0.25) is 4.79 Å². The van der Waals surface area contributed by atoms with Crippen molar-refractivity contribution in [3.63, 3.8) is 0 Å². The van der Waals surface area contributed by atoms with Gasteiger partial charge in [0.2, 0.25) is 0 Å². The number of aromatic nitrogens is 1. The Bertz CT molecular complexity index is 648. The van der Waals surface area contributed by atoms with Crippen LogP contribution in [0.2, 0.25) is 0 Å². The monoisotopic (exact) mass is 318 g/mol. The van der Waals surface area contributed by atoms with Gasteiger partial charge in [0, 0.05) is 24.8 Å². The molecule has 0 radical (unpaired) electrons. The molecule has 116 valence electrons. The van der Waals surface area contributed by atoms with E-state index in [9.17, 15) is 9.90 Å². The van der Waals surface area contributed by atoms with E-state index in [0.29, 0.717) is 5.56 Å². The first kappa shape index (κ1) is 16.0. The van der Waals surface area contributed by atoms with Gasteiger partial charge in [-0.1, -0.05) is 11.3 Å². The van der Waals surface area contributed by atoms with Gasteiger partial charge in [0.05, 0.1) is 11.1 Å². The standard InChI is InChI=1S/C15H18N4O2S/c1-3-19(4-2)15-16-9-13(22-15)10-17-18-14(21)11-5-7-12(20)8-6-11/h5-10,20H,3-4H2,1-2H3,(H,18,21)/b17-10-.